The second-order valence-corrected chi connectivity index (χ2v) is 9.51. The monoisotopic (exact) mass is 573 g/mol. The van der Waals surface area contributed by atoms with Gasteiger partial charge in [0.05, 0.1) is 32.0 Å². The van der Waals surface area contributed by atoms with Gasteiger partial charge in [-0.1, -0.05) is 0 Å². The van der Waals surface area contributed by atoms with E-state index in [0.29, 0.717) is 0 Å². The van der Waals surface area contributed by atoms with Gasteiger partial charge >= 0.3 is 5.97 Å². The van der Waals surface area contributed by atoms with Gasteiger partial charge in [0.25, 0.3) is 5.79 Å². The maximum atomic E-state index is 12.3. The normalized spacial score (nSPS) is 47.0. The highest BCUT2D eigenvalue weighted by molar-refractivity contribution is 5.76. The number of carbonyl (C=O) groups excluding carboxylic acids is 1. The molecular weight excluding hydrogens is 538 g/mol. The Morgan fingerprint density at radius 3 is 2.00 bits per heavy atom. The quantitative estimate of drug-likeness (QED) is 0.122. The average Bonchev–Trinajstić information content (AvgIpc) is 2.88. The van der Waals surface area contributed by atoms with Gasteiger partial charge in [-0.15, -0.1) is 0 Å². The average molecular weight is 574 g/mol. The summed E-state index contributed by atoms with van der Waals surface area (Å²) in [7, 11) is 0. The van der Waals surface area contributed by atoms with Crippen LogP contribution < -0.4 is 5.32 Å². The van der Waals surface area contributed by atoms with Crippen LogP contribution >= 0.6 is 0 Å². The van der Waals surface area contributed by atoms with Gasteiger partial charge in [0.2, 0.25) is 5.91 Å². The predicted molar refractivity (Wildman–Crippen MR) is 118 cm³/mol. The van der Waals surface area contributed by atoms with Crippen molar-refractivity contribution in [1.29, 1.82) is 0 Å². The van der Waals surface area contributed by atoms with Crippen molar-refractivity contribution in [3.8, 4) is 0 Å². The fraction of sp³-hybridized carbons (Fsp3) is 0.905. The summed E-state index contributed by atoms with van der Waals surface area (Å²) >= 11 is 0. The molecule has 0 aliphatic carbocycles. The van der Waals surface area contributed by atoms with E-state index >= 15 is 0 Å². The highest BCUT2D eigenvalue weighted by atomic mass is 16.8. The minimum absolute atomic E-state index is 0.612. The minimum atomic E-state index is -2.79. The molecule has 0 spiro atoms. The van der Waals surface area contributed by atoms with E-state index in [1.165, 1.54) is 0 Å². The lowest BCUT2D eigenvalue weighted by atomic mass is 9.92. The van der Waals surface area contributed by atoms with Crippen molar-refractivity contribution in [1.82, 2.24) is 5.32 Å². The molecule has 226 valence electrons. The first kappa shape index (κ1) is 31.9. The lowest BCUT2D eigenvalue weighted by molar-refractivity contribution is -0.382. The molecule has 18 nitrogen and oxygen atoms in total. The Balaban J connectivity index is 1.88. The Morgan fingerprint density at radius 2 is 1.46 bits per heavy atom. The molecule has 14 atom stereocenters. The van der Waals surface area contributed by atoms with Gasteiger partial charge in [-0.2, -0.15) is 0 Å². The van der Waals surface area contributed by atoms with Gasteiger partial charge in [-0.25, -0.2) is 4.79 Å². The smallest absolute Gasteiger partial charge is 0.364 e. The minimum Gasteiger partial charge on any atom is -0.477 e. The Morgan fingerprint density at radius 1 is 0.846 bits per heavy atom. The summed E-state index contributed by atoms with van der Waals surface area (Å²) in [5, 5.41) is 104. The Bertz CT molecular complexity index is 847. The van der Waals surface area contributed by atoms with Gasteiger partial charge in [0.1, 0.15) is 54.9 Å². The standard InChI is InChI=1S/C21H35NO17/c1-6(26)22-11-7(27)2-21(20(33)34,38-8(11)3-23)39-17-12(28)9(4-24)36-19(15(17)31)37-16-10(5-25)35-18(32)14(30)13(16)29/h7-19,23-25,27-32H,2-5H2,1H3,(H,22,26)(H,33,34)/t7-,8-,9+,10+,11+,12-,13+,14+,15+,16+,17-,18+,19-,21-/m0/s1. The topological polar surface area (TPSA) is 295 Å². The fourth-order valence-electron chi connectivity index (χ4n) is 4.77. The maximum absolute atomic E-state index is 12.3. The lowest BCUT2D eigenvalue weighted by Crippen LogP contribution is -2.69. The molecule has 0 bridgehead atoms. The zero-order chi connectivity index (χ0) is 29.2. The zero-order valence-corrected chi connectivity index (χ0v) is 20.7. The number of aliphatic carboxylic acids is 1. The number of aliphatic hydroxyl groups excluding tert-OH is 9. The number of hydrogen-bond donors (Lipinski definition) is 11. The summed E-state index contributed by atoms with van der Waals surface area (Å²) in [6, 6.07) is -1.24. The number of amides is 1. The van der Waals surface area contributed by atoms with Crippen LogP contribution in [0.1, 0.15) is 13.3 Å². The number of rotatable bonds is 9. The molecule has 1 amide bonds. The first-order chi connectivity index (χ1) is 18.3. The van der Waals surface area contributed by atoms with Gasteiger partial charge < -0.3 is 80.1 Å². The summed E-state index contributed by atoms with van der Waals surface area (Å²) < 4.78 is 26.8. The number of hydrogen-bond acceptors (Lipinski definition) is 16. The first-order valence-corrected chi connectivity index (χ1v) is 12.0. The van der Waals surface area contributed by atoms with E-state index in [9.17, 15) is 60.7 Å². The van der Waals surface area contributed by atoms with E-state index in [1.807, 2.05) is 0 Å². The van der Waals surface area contributed by atoms with Crippen molar-refractivity contribution in [2.24, 2.45) is 0 Å². The molecule has 3 saturated heterocycles. The van der Waals surface area contributed by atoms with Crippen molar-refractivity contribution in [3.63, 3.8) is 0 Å². The molecule has 18 heteroatoms. The van der Waals surface area contributed by atoms with E-state index in [1.54, 1.807) is 0 Å². The van der Waals surface area contributed by atoms with Crippen molar-refractivity contribution in [2.75, 3.05) is 19.8 Å². The van der Waals surface area contributed by atoms with E-state index < -0.39 is 124 Å². The summed E-state index contributed by atoms with van der Waals surface area (Å²) in [6.07, 6.45) is -22.2. The van der Waals surface area contributed by atoms with Gasteiger partial charge in [-0.05, 0) is 0 Å². The van der Waals surface area contributed by atoms with Gasteiger partial charge in [0.15, 0.2) is 12.6 Å². The molecule has 3 aliphatic heterocycles. The SMILES string of the molecule is CC(=O)N[C@H]1[C@H](CO)O[C@@](O[C@H]2[C@@H](O)[C@@H](CO)O[C@@H](O[C@H]3[C@H](O)[C@@H](O)[C@H](O)O[C@@H]3CO)[C@@H]2O)(C(=O)O)C[C@@H]1O. The highest BCUT2D eigenvalue weighted by Gasteiger charge is 2.58. The molecule has 3 aliphatic rings. The van der Waals surface area contributed by atoms with Crippen LogP contribution in [0.3, 0.4) is 0 Å². The van der Waals surface area contributed by atoms with Crippen LogP contribution in [0.5, 0.6) is 0 Å². The van der Waals surface area contributed by atoms with E-state index in [2.05, 4.69) is 5.32 Å². The highest BCUT2D eigenvalue weighted by Crippen LogP contribution is 2.37. The van der Waals surface area contributed by atoms with E-state index in [4.69, 9.17) is 23.7 Å². The summed E-state index contributed by atoms with van der Waals surface area (Å²) in [5.74, 6) is -5.24. The fourth-order valence-corrected chi connectivity index (χ4v) is 4.77. The van der Waals surface area contributed by atoms with Crippen molar-refractivity contribution in [2.45, 2.75) is 98.8 Å². The molecule has 0 aromatic heterocycles. The van der Waals surface area contributed by atoms with Crippen LogP contribution in [0, 0.1) is 0 Å². The zero-order valence-electron chi connectivity index (χ0n) is 20.7. The number of carbonyl (C=O) groups is 2. The summed E-state index contributed by atoms with van der Waals surface area (Å²) in [6.45, 7) is -1.49. The predicted octanol–water partition coefficient (Wildman–Crippen LogP) is -6.95. The number of carboxylic acid groups (broad SMARTS) is 1. The van der Waals surface area contributed by atoms with E-state index in [0.717, 1.165) is 6.92 Å². The second-order valence-electron chi connectivity index (χ2n) is 9.51. The second kappa shape index (κ2) is 12.9. The van der Waals surface area contributed by atoms with Crippen molar-refractivity contribution in [3.05, 3.63) is 0 Å². The Labute approximate surface area is 220 Å². The van der Waals surface area contributed by atoms with Crippen LogP contribution in [0.15, 0.2) is 0 Å². The third kappa shape index (κ3) is 6.49. The number of aliphatic hydroxyl groups is 9. The molecule has 0 aromatic rings. The van der Waals surface area contributed by atoms with Crippen LogP contribution in [-0.4, -0.2) is 168 Å². The molecular formula is C21H35NO17. The van der Waals surface area contributed by atoms with Crippen molar-refractivity contribution >= 4 is 11.9 Å². The third-order valence-electron chi connectivity index (χ3n) is 6.79. The summed E-state index contributed by atoms with van der Waals surface area (Å²) in [5.41, 5.74) is 0. The molecule has 3 fully saturated rings. The molecule has 0 saturated carbocycles. The van der Waals surface area contributed by atoms with E-state index in [-0.39, 0.29) is 0 Å². The number of nitrogens with one attached hydrogen (secondary N) is 1. The van der Waals surface area contributed by atoms with Crippen LogP contribution in [0.25, 0.3) is 0 Å². The molecule has 11 N–H and O–H groups in total. The third-order valence-corrected chi connectivity index (χ3v) is 6.79. The van der Waals surface area contributed by atoms with Crippen molar-refractivity contribution < 1.29 is 84.3 Å². The largest absolute Gasteiger partial charge is 0.477 e. The number of ether oxygens (including phenoxy) is 5. The van der Waals surface area contributed by atoms with Crippen LogP contribution in [0.2, 0.25) is 0 Å². The molecule has 39 heavy (non-hydrogen) atoms. The number of carboxylic acids is 1. The lowest BCUT2D eigenvalue weighted by Gasteiger charge is -2.49. The first-order valence-electron chi connectivity index (χ1n) is 12.0. The van der Waals surface area contributed by atoms with Crippen LogP contribution in [-0.2, 0) is 33.3 Å². The summed E-state index contributed by atoms with van der Waals surface area (Å²) in [4.78, 5) is 23.8. The molecule has 0 radical (unpaired) electrons. The van der Waals surface area contributed by atoms with Crippen LogP contribution in [0.4, 0.5) is 0 Å². The Hall–Kier alpha value is -1.62. The van der Waals surface area contributed by atoms with Gasteiger partial charge in [0, 0.05) is 13.3 Å². The molecule has 0 aromatic carbocycles. The molecule has 3 heterocycles. The molecule has 3 rings (SSSR count). The maximum Gasteiger partial charge on any atom is 0.364 e. The van der Waals surface area contributed by atoms with Gasteiger partial charge in [-0.3, -0.25) is 4.79 Å². The molecule has 0 unspecified atom stereocenters. The Kier molecular flexibility index (Phi) is 10.6.